The summed E-state index contributed by atoms with van der Waals surface area (Å²) < 4.78 is -0.556. The number of halogens is 1. The van der Waals surface area contributed by atoms with Gasteiger partial charge in [-0.3, -0.25) is 0 Å². The summed E-state index contributed by atoms with van der Waals surface area (Å²) in [4.78, 5) is 0. The van der Waals surface area contributed by atoms with Gasteiger partial charge in [0.15, 0.2) is 0 Å². The van der Waals surface area contributed by atoms with Crippen molar-refractivity contribution in [2.75, 3.05) is 0 Å². The van der Waals surface area contributed by atoms with Crippen LogP contribution in [0.1, 0.15) is 33.4 Å². The first kappa shape index (κ1) is 23.5. The Morgan fingerprint density at radius 3 is 1.08 bits per heavy atom. The molecule has 0 radical (unpaired) electrons. The number of hydrogen-bond donors (Lipinski definition) is 0. The molecular formula is C36H27Br. The van der Waals surface area contributed by atoms with Crippen molar-refractivity contribution < 1.29 is 0 Å². The predicted octanol–water partition coefficient (Wildman–Crippen LogP) is 9.82. The Hall–Kier alpha value is -3.94. The van der Waals surface area contributed by atoms with Crippen LogP contribution >= 0.6 is 15.9 Å². The fraction of sp³-hybridized carbons (Fsp3) is 0.0556. The highest BCUT2D eigenvalue weighted by Gasteiger charge is 2.48. The van der Waals surface area contributed by atoms with Gasteiger partial charge < -0.3 is 0 Å². The van der Waals surface area contributed by atoms with Gasteiger partial charge in [0.2, 0.25) is 0 Å². The summed E-state index contributed by atoms with van der Waals surface area (Å²) in [6.07, 6.45) is 0. The molecule has 0 fully saturated rings. The van der Waals surface area contributed by atoms with Crippen LogP contribution in [0.2, 0.25) is 0 Å². The van der Waals surface area contributed by atoms with E-state index in [1.807, 2.05) is 0 Å². The number of hydrogen-bond acceptors (Lipinski definition) is 0. The Morgan fingerprint density at radius 1 is 0.405 bits per heavy atom. The number of alkyl halides is 1. The average molecular weight is 540 g/mol. The van der Waals surface area contributed by atoms with Crippen LogP contribution in [0.15, 0.2) is 146 Å². The molecule has 1 aliphatic carbocycles. The van der Waals surface area contributed by atoms with Crippen molar-refractivity contribution in [3.63, 3.8) is 0 Å². The second-order valence-electron chi connectivity index (χ2n) is 9.49. The average Bonchev–Trinajstić information content (AvgIpc) is 3.25. The van der Waals surface area contributed by atoms with E-state index >= 15 is 0 Å². The van der Waals surface area contributed by atoms with Crippen LogP contribution < -0.4 is 0 Å². The minimum absolute atomic E-state index is 0.556. The molecule has 37 heavy (non-hydrogen) atoms. The predicted molar refractivity (Wildman–Crippen MR) is 161 cm³/mol. The molecule has 178 valence electrons. The maximum absolute atomic E-state index is 4.44. The van der Waals surface area contributed by atoms with Crippen molar-refractivity contribution in [1.82, 2.24) is 0 Å². The lowest BCUT2D eigenvalue weighted by molar-refractivity contribution is 1.07. The third kappa shape index (κ3) is 4.10. The minimum atomic E-state index is -0.556. The molecule has 0 aromatic heterocycles. The second kappa shape index (κ2) is 9.84. The van der Waals surface area contributed by atoms with E-state index in [4.69, 9.17) is 0 Å². The molecule has 6 rings (SSSR count). The summed E-state index contributed by atoms with van der Waals surface area (Å²) in [5.41, 5.74) is 12.3. The number of allylic oxidation sites excluding steroid dienone is 4. The lowest BCUT2D eigenvalue weighted by Crippen LogP contribution is -2.20. The van der Waals surface area contributed by atoms with Gasteiger partial charge in [-0.25, -0.2) is 0 Å². The van der Waals surface area contributed by atoms with E-state index in [-0.39, 0.29) is 0 Å². The molecular weight excluding hydrogens is 512 g/mol. The van der Waals surface area contributed by atoms with Crippen molar-refractivity contribution in [2.45, 2.75) is 11.2 Å². The topological polar surface area (TPSA) is 0 Å². The highest BCUT2D eigenvalue weighted by Crippen LogP contribution is 2.64. The van der Waals surface area contributed by atoms with Gasteiger partial charge in [-0.2, -0.15) is 0 Å². The molecule has 1 heteroatoms. The van der Waals surface area contributed by atoms with Crippen LogP contribution in [0.5, 0.6) is 0 Å². The maximum atomic E-state index is 4.44. The maximum Gasteiger partial charge on any atom is 0.103 e. The largest absolute Gasteiger partial charge is 0.103 e. The van der Waals surface area contributed by atoms with Gasteiger partial charge in [0, 0.05) is 0 Å². The first-order chi connectivity index (χ1) is 18.2. The van der Waals surface area contributed by atoms with E-state index in [0.717, 1.165) is 0 Å². The molecule has 0 aliphatic heterocycles. The Labute approximate surface area is 227 Å². The molecule has 1 aliphatic rings. The molecule has 0 unspecified atom stereocenters. The zero-order chi connectivity index (χ0) is 25.2. The molecule has 0 nitrogen and oxygen atoms in total. The van der Waals surface area contributed by atoms with Crippen molar-refractivity contribution >= 4 is 38.2 Å². The van der Waals surface area contributed by atoms with Gasteiger partial charge >= 0.3 is 0 Å². The SMILES string of the molecule is Cc1ccc(C2(Br)C(c3ccccc3)=C(c3ccccc3)C(c3ccccc3)=C2c2ccccc2)cc1. The quantitative estimate of drug-likeness (QED) is 0.195. The Kier molecular flexibility index (Phi) is 6.24. The standard InChI is InChI=1S/C36H27Br/c1-26-22-24-31(25-23-26)36(37)34(29-18-10-4-11-19-29)32(27-14-6-2-7-15-27)33(28-16-8-3-9-17-28)35(36)30-20-12-5-13-21-30/h2-25H,1H3. The second-order valence-corrected chi connectivity index (χ2v) is 10.7. The van der Waals surface area contributed by atoms with Crippen LogP contribution in [-0.4, -0.2) is 0 Å². The van der Waals surface area contributed by atoms with E-state index in [1.54, 1.807) is 0 Å². The third-order valence-electron chi connectivity index (χ3n) is 7.14. The third-order valence-corrected chi connectivity index (χ3v) is 8.39. The molecule has 5 aromatic carbocycles. The van der Waals surface area contributed by atoms with Gasteiger partial charge in [-0.15, -0.1) is 0 Å². The zero-order valence-corrected chi connectivity index (χ0v) is 22.3. The molecule has 0 heterocycles. The van der Waals surface area contributed by atoms with E-state index in [1.165, 1.54) is 55.7 Å². The summed E-state index contributed by atoms with van der Waals surface area (Å²) >= 11 is 4.44. The van der Waals surface area contributed by atoms with Crippen molar-refractivity contribution in [2.24, 2.45) is 0 Å². The highest BCUT2D eigenvalue weighted by molar-refractivity contribution is 9.10. The van der Waals surface area contributed by atoms with Gasteiger partial charge in [-0.1, -0.05) is 167 Å². The number of aryl methyl sites for hydroxylation is 1. The van der Waals surface area contributed by atoms with Crippen LogP contribution in [-0.2, 0) is 4.32 Å². The van der Waals surface area contributed by atoms with Gasteiger partial charge in [0.1, 0.15) is 4.32 Å². The van der Waals surface area contributed by atoms with Crippen molar-refractivity contribution in [1.29, 1.82) is 0 Å². The molecule has 0 saturated carbocycles. The summed E-state index contributed by atoms with van der Waals surface area (Å²) in [7, 11) is 0. The lowest BCUT2D eigenvalue weighted by Gasteiger charge is -2.32. The van der Waals surface area contributed by atoms with Crippen LogP contribution in [0.4, 0.5) is 0 Å². The molecule has 0 atom stereocenters. The monoisotopic (exact) mass is 538 g/mol. The van der Waals surface area contributed by atoms with Crippen LogP contribution in [0.25, 0.3) is 22.3 Å². The fourth-order valence-electron chi connectivity index (χ4n) is 5.47. The normalized spacial score (nSPS) is 14.8. The molecule has 0 spiro atoms. The van der Waals surface area contributed by atoms with Gasteiger partial charge in [0.05, 0.1) is 0 Å². The van der Waals surface area contributed by atoms with Crippen LogP contribution in [0.3, 0.4) is 0 Å². The molecule has 0 amide bonds. The smallest absolute Gasteiger partial charge is 0.0695 e. The summed E-state index contributed by atoms with van der Waals surface area (Å²) in [6.45, 7) is 2.14. The van der Waals surface area contributed by atoms with Crippen LogP contribution in [0, 0.1) is 6.92 Å². The Balaban J connectivity index is 1.82. The number of benzene rings is 5. The molecule has 0 N–H and O–H groups in total. The fourth-order valence-corrected chi connectivity index (χ4v) is 6.59. The van der Waals surface area contributed by atoms with E-state index in [9.17, 15) is 0 Å². The lowest BCUT2D eigenvalue weighted by atomic mass is 9.80. The first-order valence-corrected chi connectivity index (χ1v) is 13.4. The van der Waals surface area contributed by atoms with E-state index in [2.05, 4.69) is 168 Å². The van der Waals surface area contributed by atoms with Gasteiger partial charge in [-0.05, 0) is 57.0 Å². The molecule has 0 bridgehead atoms. The first-order valence-electron chi connectivity index (χ1n) is 12.7. The summed E-state index contributed by atoms with van der Waals surface area (Å²) in [5.74, 6) is 0. The summed E-state index contributed by atoms with van der Waals surface area (Å²) in [6, 6.07) is 52.3. The Bertz CT molecular complexity index is 1480. The minimum Gasteiger partial charge on any atom is -0.0695 e. The van der Waals surface area contributed by atoms with Crippen molar-refractivity contribution in [3.05, 3.63) is 179 Å². The van der Waals surface area contributed by atoms with Gasteiger partial charge in [0.25, 0.3) is 0 Å². The molecule has 0 saturated heterocycles. The highest BCUT2D eigenvalue weighted by atomic mass is 79.9. The Morgan fingerprint density at radius 2 is 0.730 bits per heavy atom. The summed E-state index contributed by atoms with van der Waals surface area (Å²) in [5, 5.41) is 0. The number of rotatable bonds is 5. The van der Waals surface area contributed by atoms with E-state index < -0.39 is 4.32 Å². The van der Waals surface area contributed by atoms with E-state index in [0.29, 0.717) is 0 Å². The van der Waals surface area contributed by atoms with Crippen molar-refractivity contribution in [3.8, 4) is 0 Å². The zero-order valence-electron chi connectivity index (χ0n) is 20.7. The molecule has 5 aromatic rings.